The fraction of sp³-hybridized carbons (Fsp3) is 0.308. The molecule has 0 radical (unpaired) electrons. The minimum absolute atomic E-state index is 0.135. The number of aromatic amines is 1. The third kappa shape index (κ3) is 2.68. The fourth-order valence-electron chi connectivity index (χ4n) is 2.03. The van der Waals surface area contributed by atoms with Gasteiger partial charge in [0.1, 0.15) is 10.7 Å². The molecule has 1 heterocycles. The van der Waals surface area contributed by atoms with Crippen LogP contribution in [0.5, 0.6) is 0 Å². The molecule has 20 heavy (non-hydrogen) atoms. The van der Waals surface area contributed by atoms with E-state index in [2.05, 4.69) is 14.7 Å². The van der Waals surface area contributed by atoms with Crippen molar-refractivity contribution < 1.29 is 8.42 Å². The van der Waals surface area contributed by atoms with Crippen molar-refractivity contribution in [1.29, 1.82) is 0 Å². The lowest BCUT2D eigenvalue weighted by Gasteiger charge is -2.16. The molecule has 0 amide bonds. The lowest BCUT2D eigenvalue weighted by atomic mass is 10.1. The van der Waals surface area contributed by atoms with Crippen LogP contribution in [-0.2, 0) is 10.0 Å². The molecule has 1 aromatic heterocycles. The van der Waals surface area contributed by atoms with Crippen LogP contribution in [-0.4, -0.2) is 18.4 Å². The molecule has 0 saturated carbocycles. The molecular weight excluding hydrogens is 276 g/mol. The summed E-state index contributed by atoms with van der Waals surface area (Å²) >= 11 is 0. The molecule has 2 rings (SSSR count). The maximum Gasteiger partial charge on any atom is 0.243 e. The zero-order valence-electron chi connectivity index (χ0n) is 11.6. The molecule has 6 nitrogen and oxygen atoms in total. The first kappa shape index (κ1) is 14.5. The van der Waals surface area contributed by atoms with Gasteiger partial charge in [-0.2, -0.15) is 0 Å². The Morgan fingerprint density at radius 3 is 2.65 bits per heavy atom. The molecular formula is C13H18N4O2S. The van der Waals surface area contributed by atoms with Crippen molar-refractivity contribution in [3.63, 3.8) is 0 Å². The summed E-state index contributed by atoms with van der Waals surface area (Å²) in [7, 11) is -3.70. The van der Waals surface area contributed by atoms with Gasteiger partial charge in [-0.3, -0.25) is 0 Å². The summed E-state index contributed by atoms with van der Waals surface area (Å²) in [4.78, 5) is 7.06. The van der Waals surface area contributed by atoms with E-state index in [-0.39, 0.29) is 10.6 Å². The lowest BCUT2D eigenvalue weighted by Crippen LogP contribution is -2.29. The predicted octanol–water partition coefficient (Wildman–Crippen LogP) is 1.65. The highest BCUT2D eigenvalue weighted by Crippen LogP contribution is 2.26. The third-order valence-corrected chi connectivity index (χ3v) is 4.98. The molecule has 0 aliphatic carbocycles. The molecule has 0 aliphatic rings. The number of imidazole rings is 1. The molecule has 2 aromatic rings. The van der Waals surface area contributed by atoms with E-state index in [0.717, 1.165) is 5.56 Å². The number of nitrogens with zero attached hydrogens (tertiary/aromatic N) is 1. The standard InChI is InChI=1S/C13H18N4O2S/c1-8-4-5-11(14)12(9(8)2)20(18,19)17-10(3)13-15-6-7-16-13/h4-7,10,17H,14H2,1-3H3,(H,15,16). The van der Waals surface area contributed by atoms with E-state index >= 15 is 0 Å². The number of nitrogens with one attached hydrogen (secondary N) is 2. The number of nitrogen functional groups attached to an aromatic ring is 1. The molecule has 0 fully saturated rings. The van der Waals surface area contributed by atoms with Gasteiger partial charge in [0.2, 0.25) is 10.0 Å². The van der Waals surface area contributed by atoms with Gasteiger partial charge in [0.05, 0.1) is 11.7 Å². The van der Waals surface area contributed by atoms with E-state index in [1.807, 2.05) is 6.92 Å². The monoisotopic (exact) mass is 294 g/mol. The van der Waals surface area contributed by atoms with Crippen LogP contribution in [0, 0.1) is 13.8 Å². The lowest BCUT2D eigenvalue weighted by molar-refractivity contribution is 0.561. The van der Waals surface area contributed by atoms with E-state index in [4.69, 9.17) is 5.73 Å². The second-order valence-corrected chi connectivity index (χ2v) is 6.39. The second kappa shape index (κ2) is 5.26. The molecule has 1 unspecified atom stereocenters. The molecule has 108 valence electrons. The number of hydrogen-bond acceptors (Lipinski definition) is 4. The van der Waals surface area contributed by atoms with Crippen molar-refractivity contribution in [2.24, 2.45) is 0 Å². The minimum Gasteiger partial charge on any atom is -0.398 e. The Morgan fingerprint density at radius 1 is 1.35 bits per heavy atom. The Morgan fingerprint density at radius 2 is 2.05 bits per heavy atom. The van der Waals surface area contributed by atoms with Crippen LogP contribution in [0.3, 0.4) is 0 Å². The SMILES string of the molecule is Cc1ccc(N)c(S(=O)(=O)NC(C)c2ncc[nH]2)c1C. The van der Waals surface area contributed by atoms with Crippen LogP contribution in [0.2, 0.25) is 0 Å². The van der Waals surface area contributed by atoms with Crippen LogP contribution in [0.1, 0.15) is 29.9 Å². The predicted molar refractivity (Wildman–Crippen MR) is 77.7 cm³/mol. The maximum absolute atomic E-state index is 12.5. The molecule has 0 aliphatic heterocycles. The summed E-state index contributed by atoms with van der Waals surface area (Å²) in [6.07, 6.45) is 3.22. The molecule has 0 saturated heterocycles. The Balaban J connectivity index is 2.39. The number of nitrogens with two attached hydrogens (primary N) is 1. The van der Waals surface area contributed by atoms with Crippen molar-refractivity contribution in [2.45, 2.75) is 31.7 Å². The molecule has 1 atom stereocenters. The highest BCUT2D eigenvalue weighted by molar-refractivity contribution is 7.89. The van der Waals surface area contributed by atoms with Crippen LogP contribution >= 0.6 is 0 Å². The Hall–Kier alpha value is -1.86. The van der Waals surface area contributed by atoms with Crippen molar-refractivity contribution in [2.75, 3.05) is 5.73 Å². The van der Waals surface area contributed by atoms with Gasteiger partial charge in [0.25, 0.3) is 0 Å². The van der Waals surface area contributed by atoms with E-state index in [9.17, 15) is 8.42 Å². The Bertz CT molecular complexity index is 708. The van der Waals surface area contributed by atoms with Gasteiger partial charge in [-0.1, -0.05) is 6.07 Å². The van der Waals surface area contributed by atoms with Crippen LogP contribution in [0.25, 0.3) is 0 Å². The summed E-state index contributed by atoms with van der Waals surface area (Å²) in [6.45, 7) is 5.32. The first-order valence-corrected chi connectivity index (χ1v) is 7.68. The average Bonchev–Trinajstić information content (AvgIpc) is 2.87. The van der Waals surface area contributed by atoms with Crippen molar-refractivity contribution in [1.82, 2.24) is 14.7 Å². The number of H-pyrrole nitrogens is 1. The topological polar surface area (TPSA) is 101 Å². The quantitative estimate of drug-likeness (QED) is 0.746. The zero-order chi connectivity index (χ0) is 14.9. The normalized spacial score (nSPS) is 13.3. The van der Waals surface area contributed by atoms with Gasteiger partial charge < -0.3 is 10.7 Å². The van der Waals surface area contributed by atoms with Crippen LogP contribution in [0.15, 0.2) is 29.4 Å². The summed E-state index contributed by atoms with van der Waals surface area (Å²) in [5.74, 6) is 0.553. The smallest absolute Gasteiger partial charge is 0.243 e. The summed E-state index contributed by atoms with van der Waals surface area (Å²) in [6, 6.07) is 2.95. The molecule has 0 spiro atoms. The average molecular weight is 294 g/mol. The van der Waals surface area contributed by atoms with Crippen molar-refractivity contribution in [3.05, 3.63) is 41.5 Å². The van der Waals surface area contributed by atoms with Crippen LogP contribution in [0.4, 0.5) is 5.69 Å². The summed E-state index contributed by atoms with van der Waals surface area (Å²) in [5.41, 5.74) is 7.61. The number of anilines is 1. The minimum atomic E-state index is -3.70. The number of benzene rings is 1. The molecule has 7 heteroatoms. The second-order valence-electron chi connectivity index (χ2n) is 4.74. The van der Waals surface area contributed by atoms with Crippen molar-refractivity contribution in [3.8, 4) is 0 Å². The highest BCUT2D eigenvalue weighted by atomic mass is 32.2. The zero-order valence-corrected chi connectivity index (χ0v) is 12.5. The molecule has 1 aromatic carbocycles. The first-order chi connectivity index (χ1) is 9.33. The van der Waals surface area contributed by atoms with E-state index in [1.54, 1.807) is 38.4 Å². The number of hydrogen-bond donors (Lipinski definition) is 3. The van der Waals surface area contributed by atoms with Crippen LogP contribution < -0.4 is 10.5 Å². The Kier molecular flexibility index (Phi) is 3.82. The van der Waals surface area contributed by atoms with Gasteiger partial charge in [-0.15, -0.1) is 0 Å². The highest BCUT2D eigenvalue weighted by Gasteiger charge is 2.24. The molecule has 0 bridgehead atoms. The summed E-state index contributed by atoms with van der Waals surface area (Å²) in [5, 5.41) is 0. The number of aryl methyl sites for hydroxylation is 1. The first-order valence-electron chi connectivity index (χ1n) is 6.20. The van der Waals surface area contributed by atoms with Crippen molar-refractivity contribution >= 4 is 15.7 Å². The van der Waals surface area contributed by atoms with Gasteiger partial charge in [0, 0.05) is 12.4 Å². The van der Waals surface area contributed by atoms with Gasteiger partial charge in [-0.25, -0.2) is 18.1 Å². The maximum atomic E-state index is 12.5. The van der Waals surface area contributed by atoms with E-state index in [0.29, 0.717) is 11.4 Å². The number of sulfonamides is 1. The van der Waals surface area contributed by atoms with E-state index in [1.165, 1.54) is 0 Å². The number of aromatic nitrogens is 2. The molecule has 4 N–H and O–H groups in total. The fourth-order valence-corrected chi connectivity index (χ4v) is 3.67. The van der Waals surface area contributed by atoms with Gasteiger partial charge in [-0.05, 0) is 38.0 Å². The third-order valence-electron chi connectivity index (χ3n) is 3.24. The van der Waals surface area contributed by atoms with Gasteiger partial charge >= 0.3 is 0 Å². The number of rotatable bonds is 4. The van der Waals surface area contributed by atoms with E-state index < -0.39 is 16.1 Å². The summed E-state index contributed by atoms with van der Waals surface area (Å²) < 4.78 is 27.6. The van der Waals surface area contributed by atoms with Gasteiger partial charge in [0.15, 0.2) is 0 Å². The largest absolute Gasteiger partial charge is 0.398 e. The Labute approximate surface area is 118 Å².